The number of nitrogens with zero attached hydrogens (tertiary/aromatic N) is 1. The summed E-state index contributed by atoms with van der Waals surface area (Å²) in [6.45, 7) is 0. The lowest BCUT2D eigenvalue weighted by Gasteiger charge is -2.03. The monoisotopic (exact) mass is 255 g/mol. The SMILES string of the molecule is O=C(NCP(=O)(O)O)c1nc2ccccc2[nH]1. The Balaban J connectivity index is 2.17. The molecule has 17 heavy (non-hydrogen) atoms. The van der Waals surface area contributed by atoms with Crippen LogP contribution in [0.2, 0.25) is 0 Å². The fraction of sp³-hybridized carbons (Fsp3) is 0.111. The summed E-state index contributed by atoms with van der Waals surface area (Å²) in [4.78, 5) is 35.5. The molecule has 0 aliphatic rings. The number of hydrogen-bond acceptors (Lipinski definition) is 3. The van der Waals surface area contributed by atoms with Gasteiger partial charge in [-0.15, -0.1) is 0 Å². The molecule has 0 atom stereocenters. The smallest absolute Gasteiger partial charge is 0.338 e. The van der Waals surface area contributed by atoms with E-state index in [-0.39, 0.29) is 5.82 Å². The molecule has 1 aromatic carbocycles. The Morgan fingerprint density at radius 1 is 1.41 bits per heavy atom. The maximum atomic E-state index is 11.5. The first-order valence-electron chi connectivity index (χ1n) is 4.73. The number of amides is 1. The number of hydrogen-bond donors (Lipinski definition) is 4. The molecule has 0 unspecified atom stereocenters. The van der Waals surface area contributed by atoms with E-state index >= 15 is 0 Å². The molecular formula is C9H10N3O4P. The molecule has 4 N–H and O–H groups in total. The molecule has 0 aliphatic carbocycles. The van der Waals surface area contributed by atoms with E-state index < -0.39 is 19.8 Å². The highest BCUT2D eigenvalue weighted by atomic mass is 31.2. The minimum Gasteiger partial charge on any atom is -0.338 e. The number of carbonyl (C=O) groups is 1. The second-order valence-corrected chi connectivity index (χ2v) is 5.08. The van der Waals surface area contributed by atoms with Gasteiger partial charge in [0.2, 0.25) is 0 Å². The number of aromatic amines is 1. The van der Waals surface area contributed by atoms with Crippen molar-refractivity contribution in [2.24, 2.45) is 0 Å². The van der Waals surface area contributed by atoms with Gasteiger partial charge in [-0.3, -0.25) is 9.36 Å². The molecule has 2 aromatic rings. The molecule has 0 saturated carbocycles. The number of aromatic nitrogens is 2. The van der Waals surface area contributed by atoms with Crippen molar-refractivity contribution < 1.29 is 19.1 Å². The number of benzene rings is 1. The van der Waals surface area contributed by atoms with E-state index in [2.05, 4.69) is 15.3 Å². The third-order valence-corrected chi connectivity index (χ3v) is 2.62. The molecule has 1 heterocycles. The van der Waals surface area contributed by atoms with Gasteiger partial charge >= 0.3 is 7.60 Å². The highest BCUT2D eigenvalue weighted by Crippen LogP contribution is 2.31. The molecule has 1 amide bonds. The van der Waals surface area contributed by atoms with Crippen LogP contribution in [0.1, 0.15) is 10.6 Å². The van der Waals surface area contributed by atoms with E-state index in [9.17, 15) is 9.36 Å². The molecule has 0 bridgehead atoms. The molecule has 0 fully saturated rings. The summed E-state index contributed by atoms with van der Waals surface area (Å²) in [6.07, 6.45) is -0.705. The number of nitrogens with one attached hydrogen (secondary N) is 2. The van der Waals surface area contributed by atoms with Crippen molar-refractivity contribution in [1.29, 1.82) is 0 Å². The minimum atomic E-state index is -4.25. The van der Waals surface area contributed by atoms with E-state index in [0.29, 0.717) is 11.0 Å². The third-order valence-electron chi connectivity index (χ3n) is 2.05. The predicted molar refractivity (Wildman–Crippen MR) is 60.5 cm³/mol. The van der Waals surface area contributed by atoms with Crippen molar-refractivity contribution in [2.45, 2.75) is 0 Å². The molecule has 1 aromatic heterocycles. The van der Waals surface area contributed by atoms with Gasteiger partial charge < -0.3 is 20.1 Å². The molecule has 2 rings (SSSR count). The highest BCUT2D eigenvalue weighted by molar-refractivity contribution is 7.51. The highest BCUT2D eigenvalue weighted by Gasteiger charge is 2.17. The first kappa shape index (κ1) is 11.8. The summed E-state index contributed by atoms with van der Waals surface area (Å²) in [7, 11) is -4.25. The van der Waals surface area contributed by atoms with Gasteiger partial charge in [0.1, 0.15) is 6.29 Å². The van der Waals surface area contributed by atoms with E-state index in [0.717, 1.165) is 0 Å². The summed E-state index contributed by atoms with van der Waals surface area (Å²) in [6, 6.07) is 7.05. The summed E-state index contributed by atoms with van der Waals surface area (Å²) in [5.74, 6) is -0.621. The summed E-state index contributed by atoms with van der Waals surface area (Å²) in [5.41, 5.74) is 1.31. The zero-order valence-corrected chi connectivity index (χ0v) is 9.52. The zero-order chi connectivity index (χ0) is 12.5. The van der Waals surface area contributed by atoms with Crippen LogP contribution in [-0.2, 0) is 4.57 Å². The predicted octanol–water partition coefficient (Wildman–Crippen LogP) is 0.428. The molecule has 0 radical (unpaired) electrons. The largest absolute Gasteiger partial charge is 0.344 e. The van der Waals surface area contributed by atoms with Crippen molar-refractivity contribution in [2.75, 3.05) is 6.29 Å². The van der Waals surface area contributed by atoms with Crippen LogP contribution < -0.4 is 5.32 Å². The number of para-hydroxylation sites is 2. The van der Waals surface area contributed by atoms with Gasteiger partial charge in [-0.2, -0.15) is 0 Å². The number of carbonyl (C=O) groups excluding carboxylic acids is 1. The fourth-order valence-electron chi connectivity index (χ4n) is 1.32. The second-order valence-electron chi connectivity index (χ2n) is 3.43. The first-order valence-corrected chi connectivity index (χ1v) is 6.53. The van der Waals surface area contributed by atoms with Crippen LogP contribution in [0.4, 0.5) is 0 Å². The van der Waals surface area contributed by atoms with Gasteiger partial charge in [-0.25, -0.2) is 4.98 Å². The minimum absolute atomic E-state index is 0.0275. The van der Waals surface area contributed by atoms with E-state index in [1.807, 2.05) is 0 Å². The van der Waals surface area contributed by atoms with Crippen LogP contribution in [0.15, 0.2) is 24.3 Å². The number of imidazole rings is 1. The Bertz CT molecular complexity index is 570. The lowest BCUT2D eigenvalue weighted by atomic mass is 10.3. The summed E-state index contributed by atoms with van der Waals surface area (Å²) >= 11 is 0. The Morgan fingerprint density at radius 3 is 2.76 bits per heavy atom. The second kappa shape index (κ2) is 4.29. The van der Waals surface area contributed by atoms with Crippen LogP contribution in [0.3, 0.4) is 0 Å². The average molecular weight is 255 g/mol. The average Bonchev–Trinajstić information content (AvgIpc) is 2.68. The lowest BCUT2D eigenvalue weighted by Crippen LogP contribution is -2.25. The van der Waals surface area contributed by atoms with Gasteiger partial charge in [0.15, 0.2) is 5.82 Å². The quantitative estimate of drug-likeness (QED) is 0.593. The van der Waals surface area contributed by atoms with Crippen molar-refractivity contribution in [3.8, 4) is 0 Å². The zero-order valence-electron chi connectivity index (χ0n) is 8.62. The normalized spacial score (nSPS) is 11.6. The first-order chi connectivity index (χ1) is 7.96. The maximum absolute atomic E-state index is 11.5. The Kier molecular flexibility index (Phi) is 2.97. The molecule has 90 valence electrons. The fourth-order valence-corrected chi connectivity index (χ4v) is 1.67. The van der Waals surface area contributed by atoms with Gasteiger partial charge in [0, 0.05) is 0 Å². The maximum Gasteiger partial charge on any atom is 0.344 e. The van der Waals surface area contributed by atoms with Gasteiger partial charge in [0.25, 0.3) is 5.91 Å². The topological polar surface area (TPSA) is 115 Å². The van der Waals surface area contributed by atoms with Crippen LogP contribution in [0.5, 0.6) is 0 Å². The number of fused-ring (bicyclic) bond motifs is 1. The van der Waals surface area contributed by atoms with Crippen LogP contribution in [0, 0.1) is 0 Å². The lowest BCUT2D eigenvalue weighted by molar-refractivity contribution is 0.0948. The van der Waals surface area contributed by atoms with E-state index in [1.165, 1.54) is 0 Å². The van der Waals surface area contributed by atoms with Crippen molar-refractivity contribution in [3.63, 3.8) is 0 Å². The van der Waals surface area contributed by atoms with E-state index in [4.69, 9.17) is 9.79 Å². The molecule has 0 spiro atoms. The Morgan fingerprint density at radius 2 is 2.12 bits per heavy atom. The molecule has 8 heteroatoms. The van der Waals surface area contributed by atoms with Crippen molar-refractivity contribution >= 4 is 24.5 Å². The number of H-pyrrole nitrogens is 1. The standard InChI is InChI=1S/C9H10N3O4P/c13-9(10-5-17(14,15)16)8-11-6-3-1-2-4-7(6)12-8/h1-4H,5H2,(H,10,13)(H,11,12)(H2,14,15,16). The van der Waals surface area contributed by atoms with E-state index in [1.54, 1.807) is 24.3 Å². The van der Waals surface area contributed by atoms with Crippen molar-refractivity contribution in [3.05, 3.63) is 30.1 Å². The third kappa shape index (κ3) is 2.91. The Labute approximate surface area is 96.0 Å². The molecule has 7 nitrogen and oxygen atoms in total. The van der Waals surface area contributed by atoms with Crippen LogP contribution in [-0.4, -0.2) is 31.9 Å². The van der Waals surface area contributed by atoms with Crippen molar-refractivity contribution in [1.82, 2.24) is 15.3 Å². The Hall–Kier alpha value is -1.69. The number of rotatable bonds is 3. The van der Waals surface area contributed by atoms with Crippen LogP contribution >= 0.6 is 7.60 Å². The summed E-state index contributed by atoms with van der Waals surface area (Å²) in [5, 5.41) is 2.10. The van der Waals surface area contributed by atoms with Crippen LogP contribution in [0.25, 0.3) is 11.0 Å². The van der Waals surface area contributed by atoms with Gasteiger partial charge in [-0.1, -0.05) is 12.1 Å². The molecular weight excluding hydrogens is 245 g/mol. The molecule has 0 saturated heterocycles. The molecule has 0 aliphatic heterocycles. The van der Waals surface area contributed by atoms with Gasteiger partial charge in [0.05, 0.1) is 11.0 Å². The summed E-state index contributed by atoms with van der Waals surface area (Å²) < 4.78 is 10.6. The van der Waals surface area contributed by atoms with Gasteiger partial charge in [-0.05, 0) is 12.1 Å².